The van der Waals surface area contributed by atoms with Crippen molar-refractivity contribution in [3.05, 3.63) is 89.4 Å². The van der Waals surface area contributed by atoms with E-state index in [1.807, 2.05) is 18.2 Å². The molecule has 0 fully saturated rings. The van der Waals surface area contributed by atoms with Gasteiger partial charge in [0.1, 0.15) is 0 Å². The van der Waals surface area contributed by atoms with Crippen LogP contribution in [-0.2, 0) is 22.3 Å². The Hall–Kier alpha value is -4.13. The zero-order chi connectivity index (χ0) is 23.2. The molecule has 168 valence electrons. The Morgan fingerprint density at radius 3 is 2.21 bits per heavy atom. The number of carbonyl (C=O) groups excluding carboxylic acids is 2. The first-order valence-corrected chi connectivity index (χ1v) is 10.7. The molecular formula is C26H25N3O4. The summed E-state index contributed by atoms with van der Waals surface area (Å²) < 4.78 is 9.46. The first-order valence-electron chi connectivity index (χ1n) is 10.7. The van der Waals surface area contributed by atoms with Gasteiger partial charge in [0.25, 0.3) is 0 Å². The van der Waals surface area contributed by atoms with E-state index in [0.29, 0.717) is 5.69 Å². The number of H-pyrrole nitrogens is 1. The number of methoxy groups -OCH3 is 2. The Balaban J connectivity index is 1.41. The van der Waals surface area contributed by atoms with Crippen LogP contribution < -0.4 is 5.32 Å². The number of carbonyl (C=O) groups is 2. The van der Waals surface area contributed by atoms with Gasteiger partial charge in [0.2, 0.25) is 0 Å². The Morgan fingerprint density at radius 1 is 0.879 bits per heavy atom. The highest BCUT2D eigenvalue weighted by Gasteiger charge is 2.16. The number of esters is 2. The Labute approximate surface area is 191 Å². The Bertz CT molecular complexity index is 1240. The second-order valence-corrected chi connectivity index (χ2v) is 7.64. The van der Waals surface area contributed by atoms with Crippen molar-refractivity contribution in [1.29, 1.82) is 0 Å². The normalized spacial score (nSPS) is 10.7. The molecule has 0 atom stereocenters. The standard InChI is InChI=1S/C26H25N3O4/c1-32-25(30)23-14-20(15-24(29-23)26(31)33-2)28-19-12-10-17(11-13-19)6-5-7-18-16-27-22-9-4-3-8-21(18)22/h3-4,8-16,27H,5-7H2,1-2H3,(H,28,29). The molecule has 2 heterocycles. The highest BCUT2D eigenvalue weighted by Crippen LogP contribution is 2.22. The van der Waals surface area contributed by atoms with E-state index in [1.165, 1.54) is 48.4 Å². The van der Waals surface area contributed by atoms with Gasteiger partial charge >= 0.3 is 11.9 Å². The van der Waals surface area contributed by atoms with Crippen LogP contribution >= 0.6 is 0 Å². The summed E-state index contributed by atoms with van der Waals surface area (Å²) in [5.41, 5.74) is 5.16. The van der Waals surface area contributed by atoms with Gasteiger partial charge in [0.15, 0.2) is 11.4 Å². The zero-order valence-electron chi connectivity index (χ0n) is 18.6. The van der Waals surface area contributed by atoms with Gasteiger partial charge in [0, 0.05) is 28.5 Å². The summed E-state index contributed by atoms with van der Waals surface area (Å²) in [6, 6.07) is 19.5. The molecule has 2 N–H and O–H groups in total. The molecule has 4 aromatic rings. The zero-order valence-corrected chi connectivity index (χ0v) is 18.6. The lowest BCUT2D eigenvalue weighted by Gasteiger charge is -2.10. The fraction of sp³-hybridized carbons (Fsp3) is 0.192. The van der Waals surface area contributed by atoms with E-state index in [4.69, 9.17) is 9.47 Å². The average Bonchev–Trinajstić information content (AvgIpc) is 3.27. The molecule has 0 spiro atoms. The molecule has 4 rings (SSSR count). The Kier molecular flexibility index (Phi) is 6.69. The minimum absolute atomic E-state index is 0.0248. The SMILES string of the molecule is COC(=O)c1cc(Nc2ccc(CCCc3c[nH]c4ccccc34)cc2)cc(C(=O)OC)n1. The summed E-state index contributed by atoms with van der Waals surface area (Å²) in [5.74, 6) is -1.26. The molecule has 0 saturated carbocycles. The van der Waals surface area contributed by atoms with Crippen LogP contribution in [0.15, 0.2) is 66.9 Å². The lowest BCUT2D eigenvalue weighted by atomic mass is 10.0. The first-order chi connectivity index (χ1) is 16.1. The summed E-state index contributed by atoms with van der Waals surface area (Å²) in [5, 5.41) is 4.49. The molecule has 7 heteroatoms. The number of aryl methyl sites for hydroxylation is 2. The number of hydrogen-bond donors (Lipinski definition) is 2. The van der Waals surface area contributed by atoms with Crippen molar-refractivity contribution in [2.75, 3.05) is 19.5 Å². The molecule has 2 aromatic carbocycles. The van der Waals surface area contributed by atoms with Gasteiger partial charge in [-0.15, -0.1) is 0 Å². The number of hydrogen-bond acceptors (Lipinski definition) is 6. The molecule has 2 aromatic heterocycles. The van der Waals surface area contributed by atoms with E-state index in [2.05, 4.69) is 51.8 Å². The molecular weight excluding hydrogens is 418 g/mol. The van der Waals surface area contributed by atoms with Crippen LogP contribution in [0.2, 0.25) is 0 Å². The largest absolute Gasteiger partial charge is 0.464 e. The van der Waals surface area contributed by atoms with Gasteiger partial charge in [-0.05, 0) is 60.7 Å². The van der Waals surface area contributed by atoms with E-state index >= 15 is 0 Å². The van der Waals surface area contributed by atoms with Crippen molar-refractivity contribution < 1.29 is 19.1 Å². The molecule has 0 aliphatic heterocycles. The quantitative estimate of drug-likeness (QED) is 0.370. The summed E-state index contributed by atoms with van der Waals surface area (Å²) in [6.45, 7) is 0. The summed E-state index contributed by atoms with van der Waals surface area (Å²) in [6.07, 6.45) is 5.11. The van der Waals surface area contributed by atoms with Crippen LogP contribution in [0.4, 0.5) is 11.4 Å². The fourth-order valence-electron chi connectivity index (χ4n) is 3.76. The van der Waals surface area contributed by atoms with Crippen molar-refractivity contribution in [3.8, 4) is 0 Å². The maximum atomic E-state index is 11.9. The van der Waals surface area contributed by atoms with E-state index in [-0.39, 0.29) is 11.4 Å². The van der Waals surface area contributed by atoms with E-state index in [9.17, 15) is 9.59 Å². The van der Waals surface area contributed by atoms with Gasteiger partial charge < -0.3 is 19.8 Å². The number of nitrogens with zero attached hydrogens (tertiary/aromatic N) is 1. The van der Waals surface area contributed by atoms with Crippen molar-refractivity contribution in [3.63, 3.8) is 0 Å². The molecule has 7 nitrogen and oxygen atoms in total. The van der Waals surface area contributed by atoms with Crippen LogP contribution in [0.3, 0.4) is 0 Å². The highest BCUT2D eigenvalue weighted by atomic mass is 16.5. The van der Waals surface area contributed by atoms with Crippen LogP contribution in [0.5, 0.6) is 0 Å². The third-order valence-corrected chi connectivity index (χ3v) is 5.44. The summed E-state index contributed by atoms with van der Waals surface area (Å²) in [7, 11) is 2.53. The van der Waals surface area contributed by atoms with E-state index in [0.717, 1.165) is 24.9 Å². The second-order valence-electron chi connectivity index (χ2n) is 7.64. The number of benzene rings is 2. The van der Waals surface area contributed by atoms with Crippen molar-refractivity contribution in [2.24, 2.45) is 0 Å². The predicted molar refractivity (Wildman–Crippen MR) is 127 cm³/mol. The number of aromatic amines is 1. The van der Waals surface area contributed by atoms with Crippen molar-refractivity contribution >= 4 is 34.2 Å². The number of para-hydroxylation sites is 1. The Morgan fingerprint density at radius 2 is 1.55 bits per heavy atom. The third-order valence-electron chi connectivity index (χ3n) is 5.44. The van der Waals surface area contributed by atoms with Gasteiger partial charge in [-0.25, -0.2) is 14.6 Å². The first kappa shape index (κ1) is 22.1. The second kappa shape index (κ2) is 9.99. The molecule has 0 radical (unpaired) electrons. The maximum absolute atomic E-state index is 11.9. The number of aromatic nitrogens is 2. The number of pyridine rings is 1. The summed E-state index contributed by atoms with van der Waals surface area (Å²) >= 11 is 0. The van der Waals surface area contributed by atoms with Gasteiger partial charge in [-0.1, -0.05) is 30.3 Å². The minimum atomic E-state index is -0.630. The van der Waals surface area contributed by atoms with Crippen molar-refractivity contribution in [1.82, 2.24) is 9.97 Å². The highest BCUT2D eigenvalue weighted by molar-refractivity contribution is 5.93. The van der Waals surface area contributed by atoms with Crippen LogP contribution in [0.1, 0.15) is 38.5 Å². The topological polar surface area (TPSA) is 93.3 Å². The van der Waals surface area contributed by atoms with Gasteiger partial charge in [-0.2, -0.15) is 0 Å². The number of rotatable bonds is 8. The number of nitrogens with one attached hydrogen (secondary N) is 2. The molecule has 33 heavy (non-hydrogen) atoms. The smallest absolute Gasteiger partial charge is 0.356 e. The lowest BCUT2D eigenvalue weighted by molar-refractivity contribution is 0.0586. The lowest BCUT2D eigenvalue weighted by Crippen LogP contribution is -2.11. The number of ether oxygens (including phenoxy) is 2. The van der Waals surface area contributed by atoms with E-state index < -0.39 is 11.9 Å². The summed E-state index contributed by atoms with van der Waals surface area (Å²) in [4.78, 5) is 31.2. The van der Waals surface area contributed by atoms with Crippen LogP contribution in [0.25, 0.3) is 10.9 Å². The van der Waals surface area contributed by atoms with E-state index in [1.54, 1.807) is 0 Å². The van der Waals surface area contributed by atoms with Crippen molar-refractivity contribution in [2.45, 2.75) is 19.3 Å². The molecule has 0 saturated heterocycles. The van der Waals surface area contributed by atoms with Crippen LogP contribution in [-0.4, -0.2) is 36.1 Å². The maximum Gasteiger partial charge on any atom is 0.356 e. The molecule has 0 unspecified atom stereocenters. The monoisotopic (exact) mass is 443 g/mol. The number of anilines is 2. The average molecular weight is 444 g/mol. The fourth-order valence-corrected chi connectivity index (χ4v) is 3.76. The minimum Gasteiger partial charge on any atom is -0.464 e. The molecule has 0 bridgehead atoms. The molecule has 0 aliphatic carbocycles. The third kappa shape index (κ3) is 5.20. The van der Waals surface area contributed by atoms with Gasteiger partial charge in [0.05, 0.1) is 14.2 Å². The number of fused-ring (bicyclic) bond motifs is 1. The molecule has 0 aliphatic rings. The molecule has 0 amide bonds. The van der Waals surface area contributed by atoms with Gasteiger partial charge in [-0.3, -0.25) is 0 Å². The van der Waals surface area contributed by atoms with Crippen LogP contribution in [0, 0.1) is 0 Å². The predicted octanol–water partition coefficient (Wildman–Crippen LogP) is 5.06.